The van der Waals surface area contributed by atoms with Crippen molar-refractivity contribution in [2.45, 2.75) is 6.92 Å². The molecule has 4 nitrogen and oxygen atoms in total. The van der Waals surface area contributed by atoms with Gasteiger partial charge in [-0.3, -0.25) is 4.98 Å². The minimum Gasteiger partial charge on any atom is -0.462 e. The second kappa shape index (κ2) is 7.25. The van der Waals surface area contributed by atoms with Crippen molar-refractivity contribution in [3.63, 3.8) is 0 Å². The van der Waals surface area contributed by atoms with Crippen LogP contribution in [-0.4, -0.2) is 17.6 Å². The molecule has 0 amide bonds. The van der Waals surface area contributed by atoms with E-state index in [4.69, 9.17) is 21.1 Å². The molecule has 0 N–H and O–H groups in total. The van der Waals surface area contributed by atoms with Crippen LogP contribution in [0.5, 0.6) is 11.5 Å². The Morgan fingerprint density at radius 2 is 1.81 bits per heavy atom. The molecule has 0 atom stereocenters. The van der Waals surface area contributed by atoms with Crippen molar-refractivity contribution in [2.75, 3.05) is 6.61 Å². The molecule has 0 unspecified atom stereocenters. The van der Waals surface area contributed by atoms with Crippen molar-refractivity contribution in [3.05, 3.63) is 77.4 Å². The van der Waals surface area contributed by atoms with Gasteiger partial charge in [0.15, 0.2) is 0 Å². The van der Waals surface area contributed by atoms with Gasteiger partial charge in [-0.25, -0.2) is 4.79 Å². The highest BCUT2D eigenvalue weighted by atomic mass is 35.5. The molecule has 27 heavy (non-hydrogen) atoms. The van der Waals surface area contributed by atoms with E-state index >= 15 is 0 Å². The maximum atomic E-state index is 11.9. The minimum absolute atomic E-state index is 0.318. The lowest BCUT2D eigenvalue weighted by atomic mass is 10.1. The molecule has 3 aromatic carbocycles. The number of carbonyl (C=O) groups excluding carboxylic acids is 1. The van der Waals surface area contributed by atoms with Crippen molar-refractivity contribution in [3.8, 4) is 11.5 Å². The molecule has 134 valence electrons. The van der Waals surface area contributed by atoms with E-state index < -0.39 is 0 Å². The molecule has 1 heterocycles. The number of fused-ring (bicyclic) bond motifs is 2. The van der Waals surface area contributed by atoms with Crippen molar-refractivity contribution in [1.82, 2.24) is 4.98 Å². The second-order valence-electron chi connectivity index (χ2n) is 6.02. The zero-order chi connectivity index (χ0) is 18.8. The van der Waals surface area contributed by atoms with Crippen LogP contribution >= 0.6 is 11.6 Å². The van der Waals surface area contributed by atoms with Crippen LogP contribution in [0.15, 0.2) is 66.9 Å². The van der Waals surface area contributed by atoms with E-state index in [1.165, 1.54) is 0 Å². The molecule has 4 aromatic rings. The van der Waals surface area contributed by atoms with Gasteiger partial charge in [0, 0.05) is 16.6 Å². The zero-order valence-corrected chi connectivity index (χ0v) is 15.4. The van der Waals surface area contributed by atoms with Crippen LogP contribution in [0.1, 0.15) is 17.3 Å². The average Bonchev–Trinajstić information content (AvgIpc) is 2.67. The molecule has 0 aliphatic heterocycles. The fraction of sp³-hybridized carbons (Fsp3) is 0.0909. The van der Waals surface area contributed by atoms with Crippen LogP contribution in [0, 0.1) is 0 Å². The molecular weight excluding hydrogens is 362 g/mol. The Balaban J connectivity index is 1.67. The molecule has 0 saturated heterocycles. The number of nitrogens with zero attached hydrogens (tertiary/aromatic N) is 1. The molecule has 0 spiro atoms. The van der Waals surface area contributed by atoms with E-state index in [0.717, 1.165) is 21.7 Å². The van der Waals surface area contributed by atoms with Crippen LogP contribution in [-0.2, 0) is 4.74 Å². The van der Waals surface area contributed by atoms with E-state index in [0.29, 0.717) is 28.7 Å². The highest BCUT2D eigenvalue weighted by molar-refractivity contribution is 6.31. The highest BCUT2D eigenvalue weighted by Gasteiger charge is 2.09. The third-order valence-electron chi connectivity index (χ3n) is 4.22. The number of carbonyl (C=O) groups is 1. The Morgan fingerprint density at radius 1 is 1.00 bits per heavy atom. The first-order valence-electron chi connectivity index (χ1n) is 8.57. The van der Waals surface area contributed by atoms with E-state index in [1.54, 1.807) is 25.3 Å². The summed E-state index contributed by atoms with van der Waals surface area (Å²) in [6, 6.07) is 18.5. The maximum Gasteiger partial charge on any atom is 0.338 e. The van der Waals surface area contributed by atoms with Gasteiger partial charge in [-0.05, 0) is 66.2 Å². The molecule has 0 aliphatic carbocycles. The number of pyridine rings is 1. The molecule has 0 bridgehead atoms. The van der Waals surface area contributed by atoms with Gasteiger partial charge in [-0.1, -0.05) is 23.7 Å². The lowest BCUT2D eigenvalue weighted by molar-refractivity contribution is 0.0526. The Labute approximate surface area is 161 Å². The first kappa shape index (κ1) is 17.3. The minimum atomic E-state index is -0.318. The Kier molecular flexibility index (Phi) is 4.65. The number of ether oxygens (including phenoxy) is 2. The van der Waals surface area contributed by atoms with Crippen LogP contribution in [0.25, 0.3) is 21.7 Å². The second-order valence-corrected chi connectivity index (χ2v) is 6.45. The Bertz CT molecular complexity index is 1160. The molecular formula is C22H16ClNO3. The summed E-state index contributed by atoms with van der Waals surface area (Å²) >= 11 is 6.04. The molecule has 4 rings (SSSR count). The van der Waals surface area contributed by atoms with E-state index in [1.807, 2.05) is 48.5 Å². The monoisotopic (exact) mass is 377 g/mol. The number of hydrogen-bond acceptors (Lipinski definition) is 4. The summed E-state index contributed by atoms with van der Waals surface area (Å²) in [4.78, 5) is 16.2. The topological polar surface area (TPSA) is 48.4 Å². The SMILES string of the molecule is CCOC(=O)c1ccc2cc(Oc3ccnc4cc(Cl)ccc34)ccc2c1. The van der Waals surface area contributed by atoms with Gasteiger partial charge in [-0.15, -0.1) is 0 Å². The van der Waals surface area contributed by atoms with E-state index in [2.05, 4.69) is 4.98 Å². The van der Waals surface area contributed by atoms with Gasteiger partial charge < -0.3 is 9.47 Å². The molecule has 0 saturated carbocycles. The predicted molar refractivity (Wildman–Crippen MR) is 107 cm³/mol. The van der Waals surface area contributed by atoms with E-state index in [9.17, 15) is 4.79 Å². The summed E-state index contributed by atoms with van der Waals surface area (Å²) < 4.78 is 11.1. The summed E-state index contributed by atoms with van der Waals surface area (Å²) in [5, 5.41) is 3.44. The zero-order valence-electron chi connectivity index (χ0n) is 14.6. The fourth-order valence-electron chi connectivity index (χ4n) is 2.94. The molecule has 5 heteroatoms. The van der Waals surface area contributed by atoms with Crippen molar-refractivity contribution in [1.29, 1.82) is 0 Å². The molecule has 0 aliphatic rings. The van der Waals surface area contributed by atoms with Gasteiger partial charge in [0.1, 0.15) is 11.5 Å². The third-order valence-corrected chi connectivity index (χ3v) is 4.45. The predicted octanol–water partition coefficient (Wildman–Crippen LogP) is 6.01. The molecule has 0 fully saturated rings. The van der Waals surface area contributed by atoms with Crippen molar-refractivity contribution >= 4 is 39.2 Å². The summed E-state index contributed by atoms with van der Waals surface area (Å²) in [5.41, 5.74) is 1.31. The Morgan fingerprint density at radius 3 is 2.67 bits per heavy atom. The number of benzene rings is 3. The largest absolute Gasteiger partial charge is 0.462 e. The third kappa shape index (κ3) is 3.57. The summed E-state index contributed by atoms with van der Waals surface area (Å²) in [6.07, 6.45) is 1.70. The lowest BCUT2D eigenvalue weighted by Gasteiger charge is -2.10. The van der Waals surface area contributed by atoms with E-state index in [-0.39, 0.29) is 5.97 Å². The molecule has 1 aromatic heterocycles. The quantitative estimate of drug-likeness (QED) is 0.408. The lowest BCUT2D eigenvalue weighted by Crippen LogP contribution is -2.04. The van der Waals surface area contributed by atoms with Gasteiger partial charge >= 0.3 is 5.97 Å². The van der Waals surface area contributed by atoms with Crippen LogP contribution < -0.4 is 4.74 Å². The normalized spacial score (nSPS) is 10.9. The summed E-state index contributed by atoms with van der Waals surface area (Å²) in [6.45, 7) is 2.15. The highest BCUT2D eigenvalue weighted by Crippen LogP contribution is 2.31. The van der Waals surface area contributed by atoms with Crippen LogP contribution in [0.2, 0.25) is 5.02 Å². The fourth-order valence-corrected chi connectivity index (χ4v) is 3.11. The van der Waals surface area contributed by atoms with Gasteiger partial charge in [0.25, 0.3) is 0 Å². The number of esters is 1. The maximum absolute atomic E-state index is 11.9. The van der Waals surface area contributed by atoms with Gasteiger partial charge in [0.2, 0.25) is 0 Å². The first-order valence-corrected chi connectivity index (χ1v) is 8.95. The Hall–Kier alpha value is -3.11. The molecule has 0 radical (unpaired) electrons. The van der Waals surface area contributed by atoms with Gasteiger partial charge in [-0.2, -0.15) is 0 Å². The number of rotatable bonds is 4. The smallest absolute Gasteiger partial charge is 0.338 e. The number of aromatic nitrogens is 1. The van der Waals surface area contributed by atoms with Crippen LogP contribution in [0.4, 0.5) is 0 Å². The van der Waals surface area contributed by atoms with Crippen molar-refractivity contribution < 1.29 is 14.3 Å². The number of hydrogen-bond donors (Lipinski definition) is 0. The number of halogens is 1. The summed E-state index contributed by atoms with van der Waals surface area (Å²) in [5.74, 6) is 1.09. The first-order chi connectivity index (χ1) is 13.1. The average molecular weight is 378 g/mol. The van der Waals surface area contributed by atoms with Crippen LogP contribution in [0.3, 0.4) is 0 Å². The van der Waals surface area contributed by atoms with Crippen molar-refractivity contribution in [2.24, 2.45) is 0 Å². The van der Waals surface area contributed by atoms with Gasteiger partial charge in [0.05, 0.1) is 17.7 Å². The summed E-state index contributed by atoms with van der Waals surface area (Å²) in [7, 11) is 0. The standard InChI is InChI=1S/C22H16ClNO3/c1-2-26-22(25)16-4-3-15-12-18(7-5-14(15)11-16)27-21-9-10-24-20-13-17(23)6-8-19(20)21/h3-13H,2H2,1H3.